The van der Waals surface area contributed by atoms with Gasteiger partial charge in [0.05, 0.1) is 23.5 Å². The van der Waals surface area contributed by atoms with Crippen LogP contribution in [0.4, 0.5) is 5.95 Å². The van der Waals surface area contributed by atoms with Gasteiger partial charge in [0, 0.05) is 36.9 Å². The summed E-state index contributed by atoms with van der Waals surface area (Å²) in [6.45, 7) is 4.21. The highest BCUT2D eigenvalue weighted by atomic mass is 35.5. The fourth-order valence-electron chi connectivity index (χ4n) is 3.95. The number of rotatable bonds is 5. The summed E-state index contributed by atoms with van der Waals surface area (Å²) in [4.78, 5) is 26.7. The normalized spacial score (nSPS) is 16.6. The van der Waals surface area contributed by atoms with Gasteiger partial charge in [0.25, 0.3) is 5.91 Å². The molecule has 2 aliphatic heterocycles. The minimum atomic E-state index is -0.0448. The fourth-order valence-corrected chi connectivity index (χ4v) is 4.15. The summed E-state index contributed by atoms with van der Waals surface area (Å²) in [6, 6.07) is 6.03. The van der Waals surface area contributed by atoms with E-state index in [0.29, 0.717) is 41.1 Å². The second-order valence-corrected chi connectivity index (χ2v) is 8.22. The summed E-state index contributed by atoms with van der Waals surface area (Å²) in [5.74, 6) is 1.88. The third-order valence-corrected chi connectivity index (χ3v) is 5.82. The van der Waals surface area contributed by atoms with Crippen LogP contribution in [-0.4, -0.2) is 55.2 Å². The maximum Gasteiger partial charge on any atom is 0.254 e. The topological polar surface area (TPSA) is 109 Å². The van der Waals surface area contributed by atoms with Crippen LogP contribution in [0.25, 0.3) is 11.3 Å². The van der Waals surface area contributed by atoms with E-state index in [9.17, 15) is 4.79 Å². The van der Waals surface area contributed by atoms with Crippen LogP contribution in [0.15, 0.2) is 24.4 Å². The van der Waals surface area contributed by atoms with Gasteiger partial charge in [-0.25, -0.2) is 9.97 Å². The average molecular weight is 440 g/mol. The molecule has 0 spiro atoms. The van der Waals surface area contributed by atoms with E-state index in [1.54, 1.807) is 11.1 Å². The van der Waals surface area contributed by atoms with E-state index < -0.39 is 0 Å². The monoisotopic (exact) mass is 439 g/mol. The lowest BCUT2D eigenvalue weighted by molar-refractivity contribution is 0.0762. The minimum Gasteiger partial charge on any atom is -0.381 e. The lowest BCUT2D eigenvalue weighted by Gasteiger charge is -2.23. The number of fused-ring (bicyclic) bond motifs is 1. The summed E-state index contributed by atoms with van der Waals surface area (Å²) in [5.41, 5.74) is 3.01. The number of ether oxygens (including phenoxy) is 1. The SMILES string of the molecule is Cc1nnc(CN2Cc3ccc(-c4nc(NC5CCOCC5)ncc4Cl)cc3C2=O)[nH]1. The molecule has 0 aliphatic carbocycles. The molecule has 10 heteroatoms. The number of H-pyrrole nitrogens is 1. The maximum atomic E-state index is 13.0. The van der Waals surface area contributed by atoms with E-state index in [1.807, 2.05) is 25.1 Å². The van der Waals surface area contributed by atoms with E-state index >= 15 is 0 Å². The molecule has 2 N–H and O–H groups in total. The van der Waals surface area contributed by atoms with E-state index in [0.717, 1.165) is 43.0 Å². The number of hydrogen-bond donors (Lipinski definition) is 2. The minimum absolute atomic E-state index is 0.0448. The highest BCUT2D eigenvalue weighted by molar-refractivity contribution is 6.33. The van der Waals surface area contributed by atoms with Crippen molar-refractivity contribution in [3.05, 3.63) is 52.2 Å². The van der Waals surface area contributed by atoms with Gasteiger partial charge in [-0.3, -0.25) is 4.79 Å². The van der Waals surface area contributed by atoms with Crippen molar-refractivity contribution in [2.75, 3.05) is 18.5 Å². The maximum absolute atomic E-state index is 13.0. The number of halogens is 1. The fraction of sp³-hybridized carbons (Fsp3) is 0.381. The highest BCUT2D eigenvalue weighted by Crippen LogP contribution is 2.32. The Labute approximate surface area is 184 Å². The standard InChI is InChI=1S/C21H22ClN7O2/c1-12-24-18(28-27-12)11-29-10-14-3-2-13(8-16(14)20(29)30)19-17(22)9-23-21(26-19)25-15-4-6-31-7-5-15/h2-3,8-9,15H,4-7,10-11H2,1H3,(H,23,25,26)(H,24,27,28). The predicted octanol–water partition coefficient (Wildman–Crippen LogP) is 2.97. The first-order chi connectivity index (χ1) is 15.1. The van der Waals surface area contributed by atoms with Gasteiger partial charge < -0.3 is 19.9 Å². The summed E-state index contributed by atoms with van der Waals surface area (Å²) >= 11 is 6.41. The Bertz CT molecular complexity index is 1130. The molecule has 0 saturated carbocycles. The summed E-state index contributed by atoms with van der Waals surface area (Å²) in [5, 5.41) is 11.8. The van der Waals surface area contributed by atoms with Gasteiger partial charge in [0.15, 0.2) is 0 Å². The summed E-state index contributed by atoms with van der Waals surface area (Å²) in [6.07, 6.45) is 3.42. The van der Waals surface area contributed by atoms with Crippen molar-refractivity contribution in [1.29, 1.82) is 0 Å². The zero-order valence-electron chi connectivity index (χ0n) is 17.1. The average Bonchev–Trinajstić information content (AvgIpc) is 3.33. The van der Waals surface area contributed by atoms with Gasteiger partial charge in [-0.05, 0) is 31.4 Å². The molecule has 0 radical (unpaired) electrons. The van der Waals surface area contributed by atoms with Crippen molar-refractivity contribution in [2.45, 2.75) is 38.9 Å². The number of aromatic amines is 1. The van der Waals surface area contributed by atoms with Gasteiger partial charge in [-0.15, -0.1) is 10.2 Å². The van der Waals surface area contributed by atoms with Crippen molar-refractivity contribution in [3.63, 3.8) is 0 Å². The van der Waals surface area contributed by atoms with Crippen LogP contribution in [-0.2, 0) is 17.8 Å². The molecule has 2 aliphatic rings. The highest BCUT2D eigenvalue weighted by Gasteiger charge is 2.29. The Morgan fingerprint density at radius 3 is 2.90 bits per heavy atom. The quantitative estimate of drug-likeness (QED) is 0.628. The smallest absolute Gasteiger partial charge is 0.254 e. The van der Waals surface area contributed by atoms with Crippen LogP contribution >= 0.6 is 11.6 Å². The number of carbonyl (C=O) groups is 1. The first-order valence-electron chi connectivity index (χ1n) is 10.2. The van der Waals surface area contributed by atoms with Gasteiger partial charge in [-0.1, -0.05) is 23.7 Å². The molecule has 9 nitrogen and oxygen atoms in total. The third-order valence-electron chi connectivity index (χ3n) is 5.55. The first-order valence-corrected chi connectivity index (χ1v) is 10.6. The number of amides is 1. The van der Waals surface area contributed by atoms with E-state index in [4.69, 9.17) is 16.3 Å². The van der Waals surface area contributed by atoms with E-state index in [-0.39, 0.29) is 11.9 Å². The number of benzene rings is 1. The number of aryl methyl sites for hydroxylation is 1. The zero-order chi connectivity index (χ0) is 21.4. The summed E-state index contributed by atoms with van der Waals surface area (Å²) < 4.78 is 5.40. The zero-order valence-corrected chi connectivity index (χ0v) is 17.8. The molecular formula is C21H22ClN7O2. The number of carbonyl (C=O) groups excluding carboxylic acids is 1. The van der Waals surface area contributed by atoms with Gasteiger partial charge >= 0.3 is 0 Å². The molecule has 0 bridgehead atoms. The largest absolute Gasteiger partial charge is 0.381 e. The third kappa shape index (κ3) is 4.11. The molecule has 5 rings (SSSR count). The van der Waals surface area contributed by atoms with Crippen LogP contribution in [0, 0.1) is 6.92 Å². The number of nitrogens with one attached hydrogen (secondary N) is 2. The Morgan fingerprint density at radius 1 is 1.29 bits per heavy atom. The Hall–Kier alpha value is -3.04. The van der Waals surface area contributed by atoms with Crippen LogP contribution in [0.1, 0.15) is 40.4 Å². The molecule has 0 unspecified atom stereocenters. The van der Waals surface area contributed by atoms with Crippen LogP contribution in [0.3, 0.4) is 0 Å². The second kappa shape index (κ2) is 8.24. The Kier molecular flexibility index (Phi) is 5.29. The van der Waals surface area contributed by atoms with Crippen molar-refractivity contribution in [3.8, 4) is 11.3 Å². The summed E-state index contributed by atoms with van der Waals surface area (Å²) in [7, 11) is 0. The molecule has 3 aromatic rings. The van der Waals surface area contributed by atoms with Crippen LogP contribution in [0.2, 0.25) is 5.02 Å². The molecule has 2 aromatic heterocycles. The molecule has 1 amide bonds. The van der Waals surface area contributed by atoms with E-state index in [1.165, 1.54) is 0 Å². The lowest BCUT2D eigenvalue weighted by Crippen LogP contribution is -2.28. The predicted molar refractivity (Wildman–Crippen MR) is 115 cm³/mol. The molecule has 4 heterocycles. The number of aromatic nitrogens is 5. The van der Waals surface area contributed by atoms with Gasteiger partial charge in [-0.2, -0.15) is 0 Å². The Morgan fingerprint density at radius 2 is 2.13 bits per heavy atom. The molecule has 160 valence electrons. The molecule has 1 fully saturated rings. The van der Waals surface area contributed by atoms with Crippen molar-refractivity contribution in [2.24, 2.45) is 0 Å². The molecule has 0 atom stereocenters. The molecular weight excluding hydrogens is 418 g/mol. The number of nitrogens with zero attached hydrogens (tertiary/aromatic N) is 5. The lowest BCUT2D eigenvalue weighted by atomic mass is 10.0. The van der Waals surface area contributed by atoms with Crippen molar-refractivity contribution in [1.82, 2.24) is 30.0 Å². The molecule has 1 aromatic carbocycles. The van der Waals surface area contributed by atoms with Crippen LogP contribution in [0.5, 0.6) is 0 Å². The second-order valence-electron chi connectivity index (χ2n) is 7.81. The number of anilines is 1. The Balaban J connectivity index is 1.38. The first kappa shape index (κ1) is 19.9. The van der Waals surface area contributed by atoms with Crippen molar-refractivity contribution < 1.29 is 9.53 Å². The van der Waals surface area contributed by atoms with Crippen LogP contribution < -0.4 is 5.32 Å². The molecule has 31 heavy (non-hydrogen) atoms. The molecule has 1 saturated heterocycles. The van der Waals surface area contributed by atoms with E-state index in [2.05, 4.69) is 30.5 Å². The van der Waals surface area contributed by atoms with Gasteiger partial charge in [0.2, 0.25) is 5.95 Å². The number of hydrogen-bond acceptors (Lipinski definition) is 7. The van der Waals surface area contributed by atoms with Gasteiger partial charge in [0.1, 0.15) is 11.6 Å². The van der Waals surface area contributed by atoms with Crippen molar-refractivity contribution >= 4 is 23.5 Å².